The van der Waals surface area contributed by atoms with Crippen molar-refractivity contribution in [3.63, 3.8) is 0 Å². The van der Waals surface area contributed by atoms with Crippen LogP contribution in [0.25, 0.3) is 0 Å². The summed E-state index contributed by atoms with van der Waals surface area (Å²) in [5, 5.41) is 0. The minimum atomic E-state index is -1.01. The van der Waals surface area contributed by atoms with Gasteiger partial charge in [-0.15, -0.1) is 0 Å². The molecule has 0 radical (unpaired) electrons. The van der Waals surface area contributed by atoms with Gasteiger partial charge in [0.05, 0.1) is 11.8 Å². The van der Waals surface area contributed by atoms with Crippen molar-refractivity contribution in [3.05, 3.63) is 23.8 Å². The van der Waals surface area contributed by atoms with Crippen molar-refractivity contribution in [2.24, 2.45) is 23.5 Å². The van der Waals surface area contributed by atoms with Crippen LogP contribution in [0.15, 0.2) is 18.2 Å². The van der Waals surface area contributed by atoms with Crippen molar-refractivity contribution < 1.29 is 38.1 Å². The monoisotopic (exact) mass is 493 g/mol. The molecule has 2 N–H and O–H groups in total. The van der Waals surface area contributed by atoms with E-state index in [0.717, 1.165) is 6.42 Å². The molecule has 0 aliphatic heterocycles. The minimum Gasteiger partial charge on any atom is -0.462 e. The third kappa shape index (κ3) is 11.4. The van der Waals surface area contributed by atoms with Crippen molar-refractivity contribution in [2.75, 3.05) is 6.61 Å². The zero-order valence-corrected chi connectivity index (χ0v) is 21.8. The molecule has 0 amide bonds. The molecule has 0 heterocycles. The van der Waals surface area contributed by atoms with Crippen LogP contribution in [0.2, 0.25) is 0 Å². The van der Waals surface area contributed by atoms with Gasteiger partial charge in [-0.1, -0.05) is 47.6 Å². The van der Waals surface area contributed by atoms with Gasteiger partial charge in [-0.2, -0.15) is 0 Å². The zero-order valence-electron chi connectivity index (χ0n) is 21.8. The molecule has 0 fully saturated rings. The molecule has 0 aliphatic rings. The molecule has 0 saturated carbocycles. The van der Waals surface area contributed by atoms with E-state index < -0.39 is 36.0 Å². The molecule has 0 spiro atoms. The topological polar surface area (TPSA) is 131 Å². The highest BCUT2D eigenvalue weighted by atomic mass is 16.6. The van der Waals surface area contributed by atoms with Crippen molar-refractivity contribution in [1.82, 2.24) is 0 Å². The molecule has 0 unspecified atom stereocenters. The van der Waals surface area contributed by atoms with Crippen LogP contribution in [-0.2, 0) is 35.1 Å². The Morgan fingerprint density at radius 2 is 1.40 bits per heavy atom. The molecule has 9 heteroatoms. The van der Waals surface area contributed by atoms with Crippen LogP contribution in [0.4, 0.5) is 0 Å². The highest BCUT2D eigenvalue weighted by Gasteiger charge is 2.22. The number of carbonyl (C=O) groups is 4. The third-order valence-corrected chi connectivity index (χ3v) is 4.85. The minimum absolute atomic E-state index is 0.0550. The van der Waals surface area contributed by atoms with Crippen LogP contribution in [0.3, 0.4) is 0 Å². The summed E-state index contributed by atoms with van der Waals surface area (Å²) in [6.07, 6.45) is 0.466. The fourth-order valence-corrected chi connectivity index (χ4v) is 2.64. The average molecular weight is 494 g/mol. The molecule has 0 bridgehead atoms. The summed E-state index contributed by atoms with van der Waals surface area (Å²) in [5.41, 5.74) is 6.60. The van der Waals surface area contributed by atoms with Crippen LogP contribution in [0.5, 0.6) is 11.5 Å². The number of benzene rings is 1. The fourth-order valence-electron chi connectivity index (χ4n) is 2.64. The summed E-state index contributed by atoms with van der Waals surface area (Å²) in [6.45, 7) is 12.3. The number of carbonyl (C=O) groups excluding carboxylic acids is 4. The predicted octanol–water partition coefficient (Wildman–Crippen LogP) is 3.59. The van der Waals surface area contributed by atoms with E-state index in [1.54, 1.807) is 40.7 Å². The first kappa shape index (κ1) is 30.1. The molecule has 9 nitrogen and oxygen atoms in total. The Balaban J connectivity index is 2.79. The van der Waals surface area contributed by atoms with Crippen molar-refractivity contribution >= 4 is 23.9 Å². The van der Waals surface area contributed by atoms with Crippen molar-refractivity contribution in [3.8, 4) is 11.5 Å². The smallest absolute Gasteiger partial charge is 0.323 e. The molecular weight excluding hydrogens is 454 g/mol. The highest BCUT2D eigenvalue weighted by Crippen LogP contribution is 2.30. The largest absolute Gasteiger partial charge is 0.462 e. The normalized spacial score (nSPS) is 12.9. The van der Waals surface area contributed by atoms with E-state index in [0.29, 0.717) is 17.9 Å². The Bertz CT molecular complexity index is 878. The second-order valence-electron chi connectivity index (χ2n) is 9.61. The number of hydrogen-bond donors (Lipinski definition) is 1. The zero-order chi connectivity index (χ0) is 26.7. The summed E-state index contributed by atoms with van der Waals surface area (Å²) in [4.78, 5) is 48.3. The van der Waals surface area contributed by atoms with E-state index in [-0.39, 0.29) is 36.4 Å². The number of esters is 4. The van der Waals surface area contributed by atoms with Gasteiger partial charge < -0.3 is 24.7 Å². The van der Waals surface area contributed by atoms with Gasteiger partial charge in [0, 0.05) is 6.42 Å². The first-order chi connectivity index (χ1) is 16.3. The maximum Gasteiger partial charge on any atom is 0.323 e. The van der Waals surface area contributed by atoms with Gasteiger partial charge in [-0.3, -0.25) is 19.2 Å². The predicted molar refractivity (Wildman–Crippen MR) is 130 cm³/mol. The van der Waals surface area contributed by atoms with E-state index in [2.05, 4.69) is 0 Å². The number of rotatable bonds is 13. The molecule has 0 aromatic heterocycles. The van der Waals surface area contributed by atoms with Crippen LogP contribution < -0.4 is 15.2 Å². The fraction of sp³-hybridized carbons (Fsp3) is 0.615. The molecule has 1 rings (SSSR count). The summed E-state index contributed by atoms with van der Waals surface area (Å²) in [6, 6.07) is 3.63. The van der Waals surface area contributed by atoms with Gasteiger partial charge in [0.1, 0.15) is 18.8 Å². The van der Waals surface area contributed by atoms with Gasteiger partial charge in [0.25, 0.3) is 0 Å². The molecule has 2 atom stereocenters. The van der Waals surface area contributed by atoms with Crippen molar-refractivity contribution in [2.45, 2.75) is 79.9 Å². The van der Waals surface area contributed by atoms with Crippen LogP contribution >= 0.6 is 0 Å². The van der Waals surface area contributed by atoms with Gasteiger partial charge in [0.2, 0.25) is 0 Å². The van der Waals surface area contributed by atoms with Gasteiger partial charge in [0.15, 0.2) is 11.5 Å². The van der Waals surface area contributed by atoms with E-state index in [9.17, 15) is 19.2 Å². The van der Waals surface area contributed by atoms with Crippen LogP contribution in [0.1, 0.15) is 66.9 Å². The van der Waals surface area contributed by atoms with Gasteiger partial charge in [-0.05, 0) is 43.4 Å². The molecule has 196 valence electrons. The van der Waals surface area contributed by atoms with E-state index in [4.69, 9.17) is 24.7 Å². The van der Waals surface area contributed by atoms with E-state index in [1.807, 2.05) is 13.8 Å². The lowest BCUT2D eigenvalue weighted by molar-refractivity contribution is -0.159. The summed E-state index contributed by atoms with van der Waals surface area (Å²) < 4.78 is 21.2. The molecule has 35 heavy (non-hydrogen) atoms. The van der Waals surface area contributed by atoms with Crippen molar-refractivity contribution in [1.29, 1.82) is 0 Å². The number of nitrogens with two attached hydrogens (primary N) is 1. The molecule has 1 aromatic rings. The quantitative estimate of drug-likeness (QED) is 0.323. The van der Waals surface area contributed by atoms with E-state index in [1.165, 1.54) is 12.1 Å². The lowest BCUT2D eigenvalue weighted by atomic mass is 10.1. The van der Waals surface area contributed by atoms with Crippen LogP contribution in [-0.4, -0.2) is 42.6 Å². The Labute approximate surface area is 207 Å². The second-order valence-corrected chi connectivity index (χ2v) is 9.61. The number of hydrogen-bond acceptors (Lipinski definition) is 9. The lowest BCUT2D eigenvalue weighted by Crippen LogP contribution is -2.37. The van der Waals surface area contributed by atoms with Crippen LogP contribution in [0, 0.1) is 17.8 Å². The first-order valence-corrected chi connectivity index (χ1v) is 12.0. The third-order valence-electron chi connectivity index (χ3n) is 4.85. The lowest BCUT2D eigenvalue weighted by Gasteiger charge is -2.18. The van der Waals surface area contributed by atoms with Gasteiger partial charge >= 0.3 is 23.9 Å². The molecular formula is C26H39NO8. The maximum atomic E-state index is 12.4. The highest BCUT2D eigenvalue weighted by molar-refractivity contribution is 5.78. The number of ether oxygens (including phenoxy) is 4. The second kappa shape index (κ2) is 14.5. The molecule has 1 aromatic carbocycles. The Hall–Kier alpha value is -2.94. The Kier molecular flexibility index (Phi) is 12.4. The summed E-state index contributed by atoms with van der Waals surface area (Å²) >= 11 is 0. The molecule has 0 aliphatic carbocycles. The van der Waals surface area contributed by atoms with E-state index >= 15 is 0 Å². The van der Waals surface area contributed by atoms with Gasteiger partial charge in [-0.25, -0.2) is 0 Å². The first-order valence-electron chi connectivity index (χ1n) is 12.0. The Morgan fingerprint density at radius 3 is 1.94 bits per heavy atom. The Morgan fingerprint density at radius 1 is 0.829 bits per heavy atom. The maximum absolute atomic E-state index is 12.4. The molecule has 0 saturated heterocycles. The summed E-state index contributed by atoms with van der Waals surface area (Å²) in [5.74, 6) is -2.18. The average Bonchev–Trinajstić information content (AvgIpc) is 2.77. The standard InChI is InChI=1S/C26H39NO8/c1-15(2)8-11-23(28)32-14-18(7)33-26(31)20(27)12-19-9-10-21(34-24(29)16(3)4)22(13-19)35-25(30)17(5)6/h9-10,13,15-18,20H,8,11-12,14,27H2,1-7H3/t18-,20-/m0/s1. The SMILES string of the molecule is CC(C)CCC(=O)OC[C@H](C)OC(=O)[C@@H](N)Cc1ccc(OC(=O)C(C)C)c(OC(=O)C(C)C)c1. The summed E-state index contributed by atoms with van der Waals surface area (Å²) in [7, 11) is 0.